The highest BCUT2D eigenvalue weighted by Gasteiger charge is 2.18. The van der Waals surface area contributed by atoms with E-state index >= 15 is 0 Å². The minimum Gasteiger partial charge on any atom is -0.278 e. The summed E-state index contributed by atoms with van der Waals surface area (Å²) in [4.78, 5) is 6.94. The van der Waals surface area contributed by atoms with Crippen molar-refractivity contribution in [1.29, 1.82) is 0 Å². The average Bonchev–Trinajstić information content (AvgIpc) is 3.27. The maximum absolute atomic E-state index is 5.62. The van der Waals surface area contributed by atoms with E-state index in [1.165, 1.54) is 15.8 Å². The van der Waals surface area contributed by atoms with E-state index in [0.29, 0.717) is 11.4 Å². The number of fused-ring (bicyclic) bond motifs is 1. The molecule has 0 bridgehead atoms. The number of benzene rings is 2. The second kappa shape index (κ2) is 7.54. The van der Waals surface area contributed by atoms with Crippen molar-refractivity contribution in [3.8, 4) is 5.69 Å². The molecular formula is C20H22N6S2. The Morgan fingerprint density at radius 3 is 2.64 bits per heavy atom. The Morgan fingerprint density at radius 2 is 1.89 bits per heavy atom. The normalized spacial score (nSPS) is 12.8. The number of rotatable bonds is 5. The molecule has 0 saturated carbocycles. The van der Waals surface area contributed by atoms with Gasteiger partial charge in [-0.3, -0.25) is 4.90 Å². The predicted octanol–water partition coefficient (Wildman–Crippen LogP) is 4.68. The van der Waals surface area contributed by atoms with Gasteiger partial charge in [0.1, 0.15) is 5.01 Å². The SMILES string of the molecule is Cc1ccc(-n2nnn(CN(C)[C@@H](C)c3nc4ccccc4s3)c2=S)cc1C. The van der Waals surface area contributed by atoms with E-state index in [9.17, 15) is 0 Å². The molecule has 6 nitrogen and oxygen atoms in total. The van der Waals surface area contributed by atoms with Crippen molar-refractivity contribution >= 4 is 33.8 Å². The minimum absolute atomic E-state index is 0.145. The van der Waals surface area contributed by atoms with Crippen LogP contribution in [0.4, 0.5) is 0 Å². The van der Waals surface area contributed by atoms with Crippen molar-refractivity contribution in [2.45, 2.75) is 33.5 Å². The van der Waals surface area contributed by atoms with Gasteiger partial charge in [0.15, 0.2) is 0 Å². The fourth-order valence-corrected chi connectivity index (χ4v) is 4.29. The Bertz CT molecular complexity index is 1160. The molecule has 0 radical (unpaired) electrons. The molecule has 0 aliphatic rings. The first-order valence-electron chi connectivity index (χ1n) is 9.10. The summed E-state index contributed by atoms with van der Waals surface area (Å²) in [6.45, 7) is 6.86. The third-order valence-corrected chi connectivity index (χ3v) is 6.65. The summed E-state index contributed by atoms with van der Waals surface area (Å²) in [6.07, 6.45) is 0. The summed E-state index contributed by atoms with van der Waals surface area (Å²) in [5, 5.41) is 9.61. The van der Waals surface area contributed by atoms with E-state index in [1.54, 1.807) is 20.7 Å². The maximum atomic E-state index is 5.62. The Hall–Kier alpha value is -2.42. The summed E-state index contributed by atoms with van der Waals surface area (Å²) in [5.41, 5.74) is 4.42. The Morgan fingerprint density at radius 1 is 1.11 bits per heavy atom. The molecule has 0 amide bonds. The van der Waals surface area contributed by atoms with Gasteiger partial charge in [0, 0.05) is 0 Å². The molecule has 0 spiro atoms. The van der Waals surface area contributed by atoms with E-state index in [-0.39, 0.29) is 6.04 Å². The van der Waals surface area contributed by atoms with Crippen LogP contribution in [0, 0.1) is 18.6 Å². The van der Waals surface area contributed by atoms with Gasteiger partial charge in [-0.1, -0.05) is 18.2 Å². The Balaban J connectivity index is 1.56. The summed E-state index contributed by atoms with van der Waals surface area (Å²) >= 11 is 7.34. The van der Waals surface area contributed by atoms with Gasteiger partial charge >= 0.3 is 0 Å². The summed E-state index contributed by atoms with van der Waals surface area (Å²) < 4.78 is 5.23. The third kappa shape index (κ3) is 3.50. The largest absolute Gasteiger partial charge is 0.278 e. The number of hydrogen-bond acceptors (Lipinski definition) is 6. The molecule has 28 heavy (non-hydrogen) atoms. The first-order valence-corrected chi connectivity index (χ1v) is 10.3. The van der Waals surface area contributed by atoms with Crippen molar-refractivity contribution in [2.75, 3.05) is 7.05 Å². The summed E-state index contributed by atoms with van der Waals surface area (Å²) in [6, 6.07) is 14.5. The van der Waals surface area contributed by atoms with Gasteiger partial charge in [0.25, 0.3) is 0 Å². The van der Waals surface area contributed by atoms with Crippen molar-refractivity contribution in [1.82, 2.24) is 29.7 Å². The van der Waals surface area contributed by atoms with Crippen LogP contribution in [-0.4, -0.2) is 36.7 Å². The molecule has 0 fully saturated rings. The van der Waals surface area contributed by atoms with Crippen LogP contribution in [0.2, 0.25) is 0 Å². The van der Waals surface area contributed by atoms with Gasteiger partial charge in [-0.2, -0.15) is 4.68 Å². The number of hydrogen-bond donors (Lipinski definition) is 0. The number of aryl methyl sites for hydroxylation is 2. The van der Waals surface area contributed by atoms with E-state index in [2.05, 4.69) is 54.3 Å². The maximum Gasteiger partial charge on any atom is 0.221 e. The molecule has 0 unspecified atom stereocenters. The highest BCUT2D eigenvalue weighted by molar-refractivity contribution is 7.71. The molecule has 8 heteroatoms. The van der Waals surface area contributed by atoms with E-state index in [1.807, 2.05) is 31.3 Å². The molecule has 4 aromatic rings. The average molecular weight is 411 g/mol. The quantitative estimate of drug-likeness (QED) is 0.447. The molecule has 0 saturated heterocycles. The second-order valence-electron chi connectivity index (χ2n) is 7.04. The fraction of sp³-hybridized carbons (Fsp3) is 0.300. The van der Waals surface area contributed by atoms with Crippen LogP contribution in [0.5, 0.6) is 0 Å². The lowest BCUT2D eigenvalue weighted by molar-refractivity contribution is 0.193. The molecule has 0 N–H and O–H groups in total. The predicted molar refractivity (Wildman–Crippen MR) is 115 cm³/mol. The molecule has 144 valence electrons. The smallest absolute Gasteiger partial charge is 0.221 e. The second-order valence-corrected chi connectivity index (χ2v) is 8.46. The molecule has 2 aromatic heterocycles. The van der Waals surface area contributed by atoms with Crippen molar-refractivity contribution in [3.63, 3.8) is 0 Å². The van der Waals surface area contributed by atoms with Crippen molar-refractivity contribution in [3.05, 3.63) is 63.4 Å². The molecule has 2 heterocycles. The van der Waals surface area contributed by atoms with Crippen LogP contribution in [0.25, 0.3) is 15.9 Å². The number of nitrogens with zero attached hydrogens (tertiary/aromatic N) is 6. The summed E-state index contributed by atoms with van der Waals surface area (Å²) in [7, 11) is 2.05. The lowest BCUT2D eigenvalue weighted by Gasteiger charge is -2.22. The lowest BCUT2D eigenvalue weighted by Crippen LogP contribution is -2.26. The highest BCUT2D eigenvalue weighted by Crippen LogP contribution is 2.29. The van der Waals surface area contributed by atoms with E-state index < -0.39 is 0 Å². The van der Waals surface area contributed by atoms with Crippen LogP contribution < -0.4 is 0 Å². The van der Waals surface area contributed by atoms with Gasteiger partial charge in [0.2, 0.25) is 4.77 Å². The van der Waals surface area contributed by atoms with E-state index in [4.69, 9.17) is 17.2 Å². The molecular weight excluding hydrogens is 388 g/mol. The fourth-order valence-electron chi connectivity index (χ4n) is 2.97. The molecule has 0 aliphatic carbocycles. The molecule has 1 atom stereocenters. The minimum atomic E-state index is 0.145. The molecule has 2 aromatic carbocycles. The first kappa shape index (κ1) is 18.9. The first-order chi connectivity index (χ1) is 13.4. The number of tetrazole rings is 1. The van der Waals surface area contributed by atoms with Gasteiger partial charge in [0.05, 0.1) is 28.6 Å². The zero-order chi connectivity index (χ0) is 19.8. The van der Waals surface area contributed by atoms with E-state index in [0.717, 1.165) is 16.2 Å². The number of para-hydroxylation sites is 1. The summed E-state index contributed by atoms with van der Waals surface area (Å²) in [5.74, 6) is 0. The van der Waals surface area contributed by atoms with Gasteiger partial charge < -0.3 is 0 Å². The van der Waals surface area contributed by atoms with Crippen molar-refractivity contribution in [2.24, 2.45) is 0 Å². The topological polar surface area (TPSA) is 51.8 Å². The zero-order valence-corrected chi connectivity index (χ0v) is 18.0. The monoisotopic (exact) mass is 410 g/mol. The van der Waals surface area contributed by atoms with Gasteiger partial charge in [-0.15, -0.1) is 11.3 Å². The Labute approximate surface area is 173 Å². The van der Waals surface area contributed by atoms with Gasteiger partial charge in [-0.25, -0.2) is 9.67 Å². The Kier molecular flexibility index (Phi) is 5.09. The standard InChI is InChI=1S/C20H22N6S2/c1-13-9-10-16(11-14(13)2)26-20(27)25(22-23-26)12-24(4)15(3)19-21-17-7-5-6-8-18(17)28-19/h5-11,15H,12H2,1-4H3/t15-/m0/s1. The van der Waals surface area contributed by atoms with Crippen LogP contribution in [0.3, 0.4) is 0 Å². The lowest BCUT2D eigenvalue weighted by atomic mass is 10.1. The van der Waals surface area contributed by atoms with Crippen LogP contribution >= 0.6 is 23.6 Å². The molecule has 4 rings (SSSR count). The number of thiazole rings is 1. The van der Waals surface area contributed by atoms with Crippen LogP contribution in [0.1, 0.15) is 29.1 Å². The van der Waals surface area contributed by atoms with Crippen LogP contribution in [-0.2, 0) is 6.67 Å². The molecule has 0 aliphatic heterocycles. The third-order valence-electron chi connectivity index (χ3n) is 5.06. The van der Waals surface area contributed by atoms with Gasteiger partial charge in [-0.05, 0) is 85.9 Å². The number of aromatic nitrogens is 5. The highest BCUT2D eigenvalue weighted by atomic mass is 32.1. The van der Waals surface area contributed by atoms with Crippen molar-refractivity contribution < 1.29 is 0 Å². The zero-order valence-electron chi connectivity index (χ0n) is 16.3. The van der Waals surface area contributed by atoms with Crippen LogP contribution in [0.15, 0.2) is 42.5 Å².